The molecule has 0 unspecified atom stereocenters. The SMILES string of the molecule is COc1ccc(N2C[C@H](C(=O)NNC(=O)c3ccc(C)cc3)CC2=O)cc1. The van der Waals surface area contributed by atoms with Crippen LogP contribution in [-0.4, -0.2) is 31.4 Å². The Morgan fingerprint density at radius 1 is 1.04 bits per heavy atom. The third kappa shape index (κ3) is 4.25. The summed E-state index contributed by atoms with van der Waals surface area (Å²) in [6, 6.07) is 14.1. The maximum atomic E-state index is 12.3. The number of hydrogen-bond acceptors (Lipinski definition) is 4. The smallest absolute Gasteiger partial charge is 0.269 e. The van der Waals surface area contributed by atoms with Crippen LogP contribution in [0.1, 0.15) is 22.3 Å². The molecule has 0 radical (unpaired) electrons. The normalized spacial score (nSPS) is 16.1. The van der Waals surface area contributed by atoms with Crippen molar-refractivity contribution >= 4 is 23.4 Å². The summed E-state index contributed by atoms with van der Waals surface area (Å²) < 4.78 is 5.11. The fourth-order valence-corrected chi connectivity index (χ4v) is 2.89. The van der Waals surface area contributed by atoms with Gasteiger partial charge in [0, 0.05) is 24.2 Å². The summed E-state index contributed by atoms with van der Waals surface area (Å²) >= 11 is 0. The van der Waals surface area contributed by atoms with E-state index < -0.39 is 11.8 Å². The molecule has 1 aliphatic heterocycles. The van der Waals surface area contributed by atoms with Gasteiger partial charge in [0.1, 0.15) is 5.75 Å². The molecular formula is C20H21N3O4. The van der Waals surface area contributed by atoms with Gasteiger partial charge in [-0.1, -0.05) is 17.7 Å². The maximum absolute atomic E-state index is 12.3. The second-order valence-corrected chi connectivity index (χ2v) is 6.41. The molecule has 0 bridgehead atoms. The number of methoxy groups -OCH3 is 1. The molecule has 3 amide bonds. The second-order valence-electron chi connectivity index (χ2n) is 6.41. The highest BCUT2D eigenvalue weighted by atomic mass is 16.5. The average molecular weight is 367 g/mol. The molecule has 2 aromatic carbocycles. The zero-order valence-electron chi connectivity index (χ0n) is 15.2. The van der Waals surface area contributed by atoms with Gasteiger partial charge in [0.05, 0.1) is 13.0 Å². The lowest BCUT2D eigenvalue weighted by atomic mass is 10.1. The van der Waals surface area contributed by atoms with E-state index in [0.29, 0.717) is 17.0 Å². The van der Waals surface area contributed by atoms with Gasteiger partial charge in [0.25, 0.3) is 5.91 Å². The highest BCUT2D eigenvalue weighted by molar-refractivity contribution is 6.01. The van der Waals surface area contributed by atoms with Gasteiger partial charge in [-0.15, -0.1) is 0 Å². The number of carbonyl (C=O) groups excluding carboxylic acids is 3. The van der Waals surface area contributed by atoms with Gasteiger partial charge in [0.2, 0.25) is 11.8 Å². The summed E-state index contributed by atoms with van der Waals surface area (Å²) in [7, 11) is 1.57. The number of amides is 3. The predicted octanol–water partition coefficient (Wildman–Crippen LogP) is 1.82. The van der Waals surface area contributed by atoms with Crippen LogP contribution in [0.25, 0.3) is 0 Å². The quantitative estimate of drug-likeness (QED) is 0.807. The number of nitrogens with one attached hydrogen (secondary N) is 2. The molecule has 0 aliphatic carbocycles. The predicted molar refractivity (Wildman–Crippen MR) is 100 cm³/mol. The first kappa shape index (κ1) is 18.4. The average Bonchev–Trinajstić information content (AvgIpc) is 3.08. The number of anilines is 1. The summed E-state index contributed by atoms with van der Waals surface area (Å²) in [5.74, 6) is -0.763. The molecular weight excluding hydrogens is 346 g/mol. The van der Waals surface area contributed by atoms with Crippen LogP contribution in [-0.2, 0) is 9.59 Å². The lowest BCUT2D eigenvalue weighted by Gasteiger charge is -2.17. The number of carbonyl (C=O) groups is 3. The Morgan fingerprint density at radius 3 is 2.33 bits per heavy atom. The number of ether oxygens (including phenoxy) is 1. The highest BCUT2D eigenvalue weighted by Crippen LogP contribution is 2.26. The third-order valence-electron chi connectivity index (χ3n) is 4.49. The van der Waals surface area contributed by atoms with Crippen LogP contribution >= 0.6 is 0 Å². The Labute approximate surface area is 157 Å². The van der Waals surface area contributed by atoms with Crippen LogP contribution in [0.2, 0.25) is 0 Å². The number of nitrogens with zero attached hydrogens (tertiary/aromatic N) is 1. The molecule has 0 aromatic heterocycles. The molecule has 1 saturated heterocycles. The lowest BCUT2D eigenvalue weighted by molar-refractivity contribution is -0.126. The minimum absolute atomic E-state index is 0.0955. The van der Waals surface area contributed by atoms with Gasteiger partial charge < -0.3 is 9.64 Å². The minimum Gasteiger partial charge on any atom is -0.497 e. The molecule has 7 nitrogen and oxygen atoms in total. The summed E-state index contributed by atoms with van der Waals surface area (Å²) in [4.78, 5) is 38.2. The van der Waals surface area contributed by atoms with Gasteiger partial charge in [-0.25, -0.2) is 0 Å². The minimum atomic E-state index is -0.530. The topological polar surface area (TPSA) is 87.7 Å². The Kier molecular flexibility index (Phi) is 5.40. The van der Waals surface area contributed by atoms with Crippen molar-refractivity contribution in [1.82, 2.24) is 10.9 Å². The van der Waals surface area contributed by atoms with E-state index in [4.69, 9.17) is 4.74 Å². The van der Waals surface area contributed by atoms with E-state index in [1.807, 2.05) is 19.1 Å². The largest absolute Gasteiger partial charge is 0.497 e. The monoisotopic (exact) mass is 367 g/mol. The molecule has 0 spiro atoms. The Balaban J connectivity index is 1.56. The van der Waals surface area contributed by atoms with Gasteiger partial charge in [-0.3, -0.25) is 25.2 Å². The molecule has 7 heteroatoms. The fraction of sp³-hybridized carbons (Fsp3) is 0.250. The van der Waals surface area contributed by atoms with Crippen LogP contribution in [0, 0.1) is 12.8 Å². The Hall–Kier alpha value is -3.35. The van der Waals surface area contributed by atoms with E-state index in [1.54, 1.807) is 48.4 Å². The van der Waals surface area contributed by atoms with E-state index in [0.717, 1.165) is 5.56 Å². The molecule has 2 aromatic rings. The van der Waals surface area contributed by atoms with Crippen molar-refractivity contribution in [3.05, 3.63) is 59.7 Å². The van der Waals surface area contributed by atoms with Crippen molar-refractivity contribution in [3.8, 4) is 5.75 Å². The van der Waals surface area contributed by atoms with Crippen LogP contribution in [0.15, 0.2) is 48.5 Å². The molecule has 3 rings (SSSR count). The van der Waals surface area contributed by atoms with E-state index in [1.165, 1.54) is 0 Å². The lowest BCUT2D eigenvalue weighted by Crippen LogP contribution is -2.45. The zero-order chi connectivity index (χ0) is 19.4. The van der Waals surface area contributed by atoms with E-state index >= 15 is 0 Å². The van der Waals surface area contributed by atoms with Crippen LogP contribution in [0.3, 0.4) is 0 Å². The first-order valence-electron chi connectivity index (χ1n) is 8.59. The Bertz CT molecular complexity index is 847. The van der Waals surface area contributed by atoms with Gasteiger partial charge in [0.15, 0.2) is 0 Å². The van der Waals surface area contributed by atoms with E-state index in [-0.39, 0.29) is 24.8 Å². The number of hydrogen-bond donors (Lipinski definition) is 2. The highest BCUT2D eigenvalue weighted by Gasteiger charge is 2.35. The molecule has 2 N–H and O–H groups in total. The van der Waals surface area contributed by atoms with E-state index in [9.17, 15) is 14.4 Å². The van der Waals surface area contributed by atoms with Crippen molar-refractivity contribution in [2.75, 3.05) is 18.6 Å². The fourth-order valence-electron chi connectivity index (χ4n) is 2.89. The molecule has 1 aliphatic rings. The van der Waals surface area contributed by atoms with Gasteiger partial charge >= 0.3 is 0 Å². The van der Waals surface area contributed by atoms with Crippen LogP contribution < -0.4 is 20.5 Å². The second kappa shape index (κ2) is 7.90. The number of aryl methyl sites for hydroxylation is 1. The zero-order valence-corrected chi connectivity index (χ0v) is 15.2. The van der Waals surface area contributed by atoms with Gasteiger partial charge in [-0.05, 0) is 43.3 Å². The summed E-state index contributed by atoms with van der Waals surface area (Å²) in [5.41, 5.74) is 7.00. The molecule has 0 saturated carbocycles. The standard InChI is InChI=1S/C20H21N3O4/c1-13-3-5-14(6-4-13)19(25)21-22-20(26)15-11-18(24)23(12-15)16-7-9-17(27-2)10-8-16/h3-10,15H,11-12H2,1-2H3,(H,21,25)(H,22,26)/t15-/m1/s1. The van der Waals surface area contributed by atoms with Crippen molar-refractivity contribution < 1.29 is 19.1 Å². The summed E-state index contributed by atoms with van der Waals surface area (Å²) in [6.07, 6.45) is 0.0955. The number of benzene rings is 2. The molecule has 1 atom stereocenters. The van der Waals surface area contributed by atoms with Gasteiger partial charge in [-0.2, -0.15) is 0 Å². The molecule has 1 heterocycles. The first-order chi connectivity index (χ1) is 13.0. The number of rotatable bonds is 4. The van der Waals surface area contributed by atoms with Crippen LogP contribution in [0.4, 0.5) is 5.69 Å². The number of hydrazine groups is 1. The first-order valence-corrected chi connectivity index (χ1v) is 8.59. The van der Waals surface area contributed by atoms with Crippen LogP contribution in [0.5, 0.6) is 5.75 Å². The molecule has 27 heavy (non-hydrogen) atoms. The summed E-state index contributed by atoms with van der Waals surface area (Å²) in [6.45, 7) is 2.19. The molecule has 1 fully saturated rings. The van der Waals surface area contributed by atoms with Crippen molar-refractivity contribution in [1.29, 1.82) is 0 Å². The maximum Gasteiger partial charge on any atom is 0.269 e. The summed E-state index contributed by atoms with van der Waals surface area (Å²) in [5, 5.41) is 0. The van der Waals surface area contributed by atoms with Crippen molar-refractivity contribution in [3.63, 3.8) is 0 Å². The van der Waals surface area contributed by atoms with E-state index in [2.05, 4.69) is 10.9 Å². The van der Waals surface area contributed by atoms with Crippen molar-refractivity contribution in [2.45, 2.75) is 13.3 Å². The van der Waals surface area contributed by atoms with Crippen molar-refractivity contribution in [2.24, 2.45) is 5.92 Å². The third-order valence-corrected chi connectivity index (χ3v) is 4.49. The Morgan fingerprint density at radius 2 is 1.70 bits per heavy atom. The molecule has 140 valence electrons.